The lowest BCUT2D eigenvalue weighted by Gasteiger charge is -2.17. The number of nitrogens with one attached hydrogen (secondary N) is 2. The van der Waals surface area contributed by atoms with Crippen LogP contribution in [0.1, 0.15) is 10.8 Å². The fourth-order valence-corrected chi connectivity index (χ4v) is 3.68. The third-order valence-corrected chi connectivity index (χ3v) is 5.34. The van der Waals surface area contributed by atoms with E-state index >= 15 is 0 Å². The molecule has 0 radical (unpaired) electrons. The van der Waals surface area contributed by atoms with Crippen LogP contribution in [0.2, 0.25) is 0 Å². The van der Waals surface area contributed by atoms with E-state index in [2.05, 4.69) is 10.6 Å². The van der Waals surface area contributed by atoms with Gasteiger partial charge in [-0.1, -0.05) is 48.5 Å². The average molecular weight is 430 g/mol. The molecule has 0 aliphatic heterocycles. The van der Waals surface area contributed by atoms with E-state index in [4.69, 9.17) is 0 Å². The standard InChI is InChI=1S/C22H17F3N2O2S/c23-16-11-12-17(20(25)19(16)24)27-18(28)13-26-22(29)21(14-7-3-1-4-8-14)30-15-9-5-2-6-10-15/h1-12,21H,13H2,(H,26,29)(H,27,28). The van der Waals surface area contributed by atoms with Gasteiger partial charge in [-0.3, -0.25) is 9.59 Å². The summed E-state index contributed by atoms with van der Waals surface area (Å²) < 4.78 is 40.0. The second-order valence-electron chi connectivity index (χ2n) is 6.21. The topological polar surface area (TPSA) is 58.2 Å². The molecular weight excluding hydrogens is 413 g/mol. The molecule has 1 unspecified atom stereocenters. The molecule has 2 N–H and O–H groups in total. The summed E-state index contributed by atoms with van der Waals surface area (Å²) in [5, 5.41) is 4.00. The number of carbonyl (C=O) groups excluding carboxylic acids is 2. The van der Waals surface area contributed by atoms with E-state index < -0.39 is 46.7 Å². The summed E-state index contributed by atoms with van der Waals surface area (Å²) in [4.78, 5) is 25.7. The number of carbonyl (C=O) groups is 2. The lowest BCUT2D eigenvalue weighted by atomic mass is 10.1. The zero-order chi connectivity index (χ0) is 21.5. The molecule has 1 atom stereocenters. The van der Waals surface area contributed by atoms with Gasteiger partial charge in [0.1, 0.15) is 5.25 Å². The SMILES string of the molecule is O=C(CNC(=O)C(Sc1ccccc1)c1ccccc1)Nc1ccc(F)c(F)c1F. The molecule has 0 fully saturated rings. The summed E-state index contributed by atoms with van der Waals surface area (Å²) in [5.41, 5.74) is 0.238. The molecule has 0 spiro atoms. The number of thioether (sulfide) groups is 1. The van der Waals surface area contributed by atoms with Crippen molar-refractivity contribution in [2.24, 2.45) is 0 Å². The van der Waals surface area contributed by atoms with Gasteiger partial charge in [0.25, 0.3) is 0 Å². The second-order valence-corrected chi connectivity index (χ2v) is 7.39. The van der Waals surface area contributed by atoms with E-state index in [9.17, 15) is 22.8 Å². The molecule has 0 heterocycles. The lowest BCUT2D eigenvalue weighted by Crippen LogP contribution is -2.35. The highest BCUT2D eigenvalue weighted by Crippen LogP contribution is 2.35. The zero-order valence-electron chi connectivity index (χ0n) is 15.6. The van der Waals surface area contributed by atoms with Gasteiger partial charge in [-0.15, -0.1) is 11.8 Å². The minimum Gasteiger partial charge on any atom is -0.346 e. The predicted octanol–water partition coefficient (Wildman–Crippen LogP) is 4.69. The van der Waals surface area contributed by atoms with Gasteiger partial charge in [0.2, 0.25) is 11.8 Å². The van der Waals surface area contributed by atoms with E-state index in [1.54, 1.807) is 24.3 Å². The summed E-state index contributed by atoms with van der Waals surface area (Å²) in [5.74, 6) is -5.74. The Morgan fingerprint density at radius 3 is 2.13 bits per heavy atom. The van der Waals surface area contributed by atoms with Crippen LogP contribution >= 0.6 is 11.8 Å². The fraction of sp³-hybridized carbons (Fsp3) is 0.0909. The van der Waals surface area contributed by atoms with Crippen LogP contribution in [-0.4, -0.2) is 18.4 Å². The molecule has 3 aromatic carbocycles. The van der Waals surface area contributed by atoms with Crippen molar-refractivity contribution in [1.82, 2.24) is 5.32 Å². The molecule has 0 bridgehead atoms. The Labute approximate surface area is 175 Å². The molecule has 154 valence electrons. The van der Waals surface area contributed by atoms with Crippen molar-refractivity contribution in [1.29, 1.82) is 0 Å². The molecule has 4 nitrogen and oxygen atoms in total. The number of amides is 2. The van der Waals surface area contributed by atoms with E-state index in [0.29, 0.717) is 6.07 Å². The van der Waals surface area contributed by atoms with Crippen LogP contribution in [0.4, 0.5) is 18.9 Å². The molecule has 2 amide bonds. The monoisotopic (exact) mass is 430 g/mol. The zero-order valence-corrected chi connectivity index (χ0v) is 16.4. The largest absolute Gasteiger partial charge is 0.346 e. The summed E-state index contributed by atoms with van der Waals surface area (Å²) in [6.07, 6.45) is 0. The molecule has 0 saturated carbocycles. The van der Waals surface area contributed by atoms with Gasteiger partial charge < -0.3 is 10.6 Å². The van der Waals surface area contributed by atoms with E-state index in [1.807, 2.05) is 36.4 Å². The van der Waals surface area contributed by atoms with Gasteiger partial charge in [-0.05, 0) is 29.8 Å². The highest BCUT2D eigenvalue weighted by Gasteiger charge is 2.23. The van der Waals surface area contributed by atoms with Crippen LogP contribution in [0.5, 0.6) is 0 Å². The number of rotatable bonds is 7. The van der Waals surface area contributed by atoms with Crippen LogP contribution in [0.25, 0.3) is 0 Å². The normalized spacial score (nSPS) is 11.6. The maximum atomic E-state index is 13.7. The van der Waals surface area contributed by atoms with Crippen molar-refractivity contribution < 1.29 is 22.8 Å². The van der Waals surface area contributed by atoms with Crippen LogP contribution in [-0.2, 0) is 9.59 Å². The molecular formula is C22H17F3N2O2S. The van der Waals surface area contributed by atoms with Crippen molar-refractivity contribution in [3.63, 3.8) is 0 Å². The third kappa shape index (κ3) is 5.42. The Morgan fingerprint density at radius 1 is 0.833 bits per heavy atom. The quantitative estimate of drug-likeness (QED) is 0.422. The Morgan fingerprint density at radius 2 is 1.47 bits per heavy atom. The van der Waals surface area contributed by atoms with Crippen molar-refractivity contribution in [3.05, 3.63) is 95.8 Å². The first-order chi connectivity index (χ1) is 14.5. The average Bonchev–Trinajstić information content (AvgIpc) is 2.77. The van der Waals surface area contributed by atoms with Gasteiger partial charge in [0, 0.05) is 4.90 Å². The van der Waals surface area contributed by atoms with Gasteiger partial charge in [0.05, 0.1) is 12.2 Å². The minimum absolute atomic E-state index is 0.420. The first-order valence-electron chi connectivity index (χ1n) is 8.93. The molecule has 3 rings (SSSR count). The van der Waals surface area contributed by atoms with Crippen molar-refractivity contribution >= 4 is 29.3 Å². The summed E-state index contributed by atoms with van der Waals surface area (Å²) in [6, 6.07) is 20.0. The van der Waals surface area contributed by atoms with E-state index in [0.717, 1.165) is 16.5 Å². The Bertz CT molecular complexity index is 1030. The summed E-state index contributed by atoms with van der Waals surface area (Å²) in [7, 11) is 0. The molecule has 0 aliphatic carbocycles. The number of benzene rings is 3. The molecule has 30 heavy (non-hydrogen) atoms. The molecule has 0 saturated heterocycles. The van der Waals surface area contributed by atoms with Crippen LogP contribution < -0.4 is 10.6 Å². The van der Waals surface area contributed by atoms with Gasteiger partial charge >= 0.3 is 0 Å². The smallest absolute Gasteiger partial charge is 0.243 e. The van der Waals surface area contributed by atoms with E-state index in [1.165, 1.54) is 11.8 Å². The minimum atomic E-state index is -1.68. The number of hydrogen-bond acceptors (Lipinski definition) is 3. The highest BCUT2D eigenvalue weighted by molar-refractivity contribution is 8.00. The van der Waals surface area contributed by atoms with Crippen molar-refractivity contribution in [2.75, 3.05) is 11.9 Å². The van der Waals surface area contributed by atoms with Gasteiger partial charge in [-0.25, -0.2) is 13.2 Å². The molecule has 3 aromatic rings. The summed E-state index contributed by atoms with van der Waals surface area (Å²) in [6.45, 7) is -0.462. The molecule has 8 heteroatoms. The number of hydrogen-bond donors (Lipinski definition) is 2. The Kier molecular flexibility index (Phi) is 7.13. The van der Waals surface area contributed by atoms with Crippen LogP contribution in [0, 0.1) is 17.5 Å². The number of anilines is 1. The van der Waals surface area contributed by atoms with Crippen LogP contribution in [0.15, 0.2) is 77.7 Å². The predicted molar refractivity (Wildman–Crippen MR) is 109 cm³/mol. The lowest BCUT2D eigenvalue weighted by molar-refractivity contribution is -0.123. The highest BCUT2D eigenvalue weighted by atomic mass is 32.2. The number of halogens is 3. The van der Waals surface area contributed by atoms with Crippen molar-refractivity contribution in [3.8, 4) is 0 Å². The Hall–Kier alpha value is -3.26. The Balaban J connectivity index is 1.67. The maximum Gasteiger partial charge on any atom is 0.243 e. The first-order valence-corrected chi connectivity index (χ1v) is 9.81. The maximum absolute atomic E-state index is 13.7. The van der Waals surface area contributed by atoms with Gasteiger partial charge in [0.15, 0.2) is 17.5 Å². The molecule has 0 aliphatic rings. The summed E-state index contributed by atoms with van der Waals surface area (Å²) >= 11 is 1.32. The third-order valence-electron chi connectivity index (χ3n) is 4.07. The first kappa shape index (κ1) is 21.4. The van der Waals surface area contributed by atoms with Crippen LogP contribution in [0.3, 0.4) is 0 Å². The van der Waals surface area contributed by atoms with Crippen molar-refractivity contribution in [2.45, 2.75) is 10.1 Å². The molecule has 0 aromatic heterocycles. The fourth-order valence-electron chi connectivity index (χ4n) is 2.61. The second kappa shape index (κ2) is 9.98. The van der Waals surface area contributed by atoms with E-state index in [-0.39, 0.29) is 0 Å². The van der Waals surface area contributed by atoms with Gasteiger partial charge in [-0.2, -0.15) is 0 Å².